The van der Waals surface area contributed by atoms with Crippen LogP contribution < -0.4 is 10.2 Å². The second kappa shape index (κ2) is 9.37. The van der Waals surface area contributed by atoms with Crippen molar-refractivity contribution in [3.8, 4) is 0 Å². The lowest BCUT2D eigenvalue weighted by Crippen LogP contribution is -2.38. The van der Waals surface area contributed by atoms with E-state index in [1.54, 1.807) is 7.11 Å². The summed E-state index contributed by atoms with van der Waals surface area (Å²) >= 11 is 0. The fourth-order valence-electron chi connectivity index (χ4n) is 1.98. The fourth-order valence-corrected chi connectivity index (χ4v) is 1.98. The van der Waals surface area contributed by atoms with E-state index in [-0.39, 0.29) is 5.91 Å². The molecule has 21 heavy (non-hydrogen) atoms. The minimum Gasteiger partial charge on any atom is -0.383 e. The van der Waals surface area contributed by atoms with E-state index in [0.717, 1.165) is 11.3 Å². The van der Waals surface area contributed by atoms with E-state index in [2.05, 4.69) is 34.5 Å². The highest BCUT2D eigenvalue weighted by Gasteiger charge is 2.11. The standard InChI is InChI=1S/C16H27N3O2/c1-5-19(16(20)12-17-10-11-21-4)13-14-6-8-15(9-7-14)18(2)3/h6-9,17H,5,10-13H2,1-4H3. The van der Waals surface area contributed by atoms with Crippen LogP contribution in [0.2, 0.25) is 0 Å². The SMILES string of the molecule is CCN(Cc1ccc(N(C)C)cc1)C(=O)CNCCOC. The minimum atomic E-state index is 0.116. The highest BCUT2D eigenvalue weighted by Crippen LogP contribution is 2.13. The molecule has 0 aliphatic heterocycles. The molecule has 0 aliphatic rings. The summed E-state index contributed by atoms with van der Waals surface area (Å²) in [6, 6.07) is 8.29. The van der Waals surface area contributed by atoms with Gasteiger partial charge in [-0.3, -0.25) is 4.79 Å². The van der Waals surface area contributed by atoms with Crippen LogP contribution in [0.1, 0.15) is 12.5 Å². The molecule has 5 heteroatoms. The quantitative estimate of drug-likeness (QED) is 0.698. The van der Waals surface area contributed by atoms with Crippen molar-refractivity contribution in [2.24, 2.45) is 0 Å². The van der Waals surface area contributed by atoms with E-state index in [1.165, 1.54) is 0 Å². The molecule has 5 nitrogen and oxygen atoms in total. The first-order valence-corrected chi connectivity index (χ1v) is 7.32. The van der Waals surface area contributed by atoms with Crippen LogP contribution in [0, 0.1) is 0 Å². The zero-order chi connectivity index (χ0) is 15.7. The Morgan fingerprint density at radius 3 is 2.43 bits per heavy atom. The Bertz CT molecular complexity index is 418. The number of carbonyl (C=O) groups is 1. The number of methoxy groups -OCH3 is 1. The number of likely N-dealkylation sites (N-methyl/N-ethyl adjacent to an activating group) is 1. The number of benzene rings is 1. The number of anilines is 1. The normalized spacial score (nSPS) is 10.5. The van der Waals surface area contributed by atoms with E-state index in [4.69, 9.17) is 4.74 Å². The molecule has 0 radical (unpaired) electrons. The summed E-state index contributed by atoms with van der Waals surface area (Å²) in [6.07, 6.45) is 0. The van der Waals surface area contributed by atoms with Gasteiger partial charge in [-0.2, -0.15) is 0 Å². The van der Waals surface area contributed by atoms with Gasteiger partial charge < -0.3 is 19.9 Å². The molecule has 0 heterocycles. The number of nitrogens with one attached hydrogen (secondary N) is 1. The lowest BCUT2D eigenvalue weighted by atomic mass is 10.2. The Labute approximate surface area is 127 Å². The van der Waals surface area contributed by atoms with Gasteiger partial charge in [-0.15, -0.1) is 0 Å². The van der Waals surface area contributed by atoms with Crippen molar-refractivity contribution in [2.45, 2.75) is 13.5 Å². The third-order valence-corrected chi connectivity index (χ3v) is 3.32. The molecule has 0 bridgehead atoms. The van der Waals surface area contributed by atoms with Crippen LogP contribution in [0.25, 0.3) is 0 Å². The molecular weight excluding hydrogens is 266 g/mol. The van der Waals surface area contributed by atoms with Gasteiger partial charge in [0.25, 0.3) is 0 Å². The van der Waals surface area contributed by atoms with E-state index in [0.29, 0.717) is 32.8 Å². The molecule has 0 aromatic heterocycles. The third-order valence-electron chi connectivity index (χ3n) is 3.32. The molecule has 0 aliphatic carbocycles. The molecule has 0 spiro atoms. The number of carbonyl (C=O) groups excluding carboxylic acids is 1. The minimum absolute atomic E-state index is 0.116. The molecule has 0 saturated heterocycles. The molecule has 1 rings (SSSR count). The maximum Gasteiger partial charge on any atom is 0.236 e. The topological polar surface area (TPSA) is 44.8 Å². The molecule has 1 amide bonds. The van der Waals surface area contributed by atoms with Crippen molar-refractivity contribution in [2.75, 3.05) is 52.3 Å². The lowest BCUT2D eigenvalue weighted by molar-refractivity contribution is -0.130. The van der Waals surface area contributed by atoms with Gasteiger partial charge in [0, 0.05) is 46.5 Å². The predicted octanol–water partition coefficient (Wildman–Crippen LogP) is 1.34. The average molecular weight is 293 g/mol. The lowest BCUT2D eigenvalue weighted by Gasteiger charge is -2.22. The van der Waals surface area contributed by atoms with Crippen LogP contribution in [0.15, 0.2) is 24.3 Å². The molecular formula is C16H27N3O2. The van der Waals surface area contributed by atoms with E-state index in [9.17, 15) is 4.79 Å². The van der Waals surface area contributed by atoms with Gasteiger partial charge in [-0.05, 0) is 24.6 Å². The van der Waals surface area contributed by atoms with Crippen LogP contribution >= 0.6 is 0 Å². The highest BCUT2D eigenvalue weighted by molar-refractivity contribution is 5.78. The number of amides is 1. The van der Waals surface area contributed by atoms with Crippen molar-refractivity contribution in [3.05, 3.63) is 29.8 Å². The van der Waals surface area contributed by atoms with Gasteiger partial charge in [0.2, 0.25) is 5.91 Å². The van der Waals surface area contributed by atoms with Gasteiger partial charge in [-0.1, -0.05) is 12.1 Å². The van der Waals surface area contributed by atoms with Gasteiger partial charge in [-0.25, -0.2) is 0 Å². The molecule has 118 valence electrons. The molecule has 0 saturated carbocycles. The van der Waals surface area contributed by atoms with Gasteiger partial charge in [0.15, 0.2) is 0 Å². The number of nitrogens with zero attached hydrogens (tertiary/aromatic N) is 2. The Morgan fingerprint density at radius 1 is 1.24 bits per heavy atom. The Balaban J connectivity index is 2.50. The second-order valence-corrected chi connectivity index (χ2v) is 5.14. The smallest absolute Gasteiger partial charge is 0.236 e. The maximum absolute atomic E-state index is 12.1. The van der Waals surface area contributed by atoms with Crippen molar-refractivity contribution in [1.29, 1.82) is 0 Å². The summed E-state index contributed by atoms with van der Waals surface area (Å²) in [5.41, 5.74) is 2.31. The van der Waals surface area contributed by atoms with Crippen LogP contribution in [0.3, 0.4) is 0 Å². The number of rotatable bonds is 9. The van der Waals surface area contributed by atoms with Crippen molar-refractivity contribution < 1.29 is 9.53 Å². The summed E-state index contributed by atoms with van der Waals surface area (Å²) in [7, 11) is 5.68. The summed E-state index contributed by atoms with van der Waals surface area (Å²) < 4.78 is 4.95. The zero-order valence-corrected chi connectivity index (χ0v) is 13.6. The van der Waals surface area contributed by atoms with Crippen molar-refractivity contribution in [1.82, 2.24) is 10.2 Å². The number of hydrogen-bond acceptors (Lipinski definition) is 4. The summed E-state index contributed by atoms with van der Waals surface area (Å²) in [6.45, 7) is 5.02. The molecule has 1 aromatic carbocycles. The first-order valence-electron chi connectivity index (χ1n) is 7.32. The summed E-state index contributed by atoms with van der Waals surface area (Å²) in [5.74, 6) is 0.116. The Kier molecular flexibility index (Phi) is 7.79. The third kappa shape index (κ3) is 6.14. The fraction of sp³-hybridized carbons (Fsp3) is 0.562. The van der Waals surface area contributed by atoms with Crippen LogP contribution in [-0.4, -0.2) is 58.3 Å². The molecule has 0 atom stereocenters. The Morgan fingerprint density at radius 2 is 1.90 bits per heavy atom. The predicted molar refractivity (Wildman–Crippen MR) is 86.6 cm³/mol. The first-order chi connectivity index (χ1) is 10.1. The molecule has 0 unspecified atom stereocenters. The molecule has 0 fully saturated rings. The molecule has 1 N–H and O–H groups in total. The second-order valence-electron chi connectivity index (χ2n) is 5.14. The maximum atomic E-state index is 12.1. The zero-order valence-electron chi connectivity index (χ0n) is 13.6. The average Bonchev–Trinajstić information content (AvgIpc) is 2.49. The first kappa shape index (κ1) is 17.5. The van der Waals surface area contributed by atoms with Crippen LogP contribution in [-0.2, 0) is 16.1 Å². The van der Waals surface area contributed by atoms with Crippen LogP contribution in [0.4, 0.5) is 5.69 Å². The van der Waals surface area contributed by atoms with E-state index >= 15 is 0 Å². The number of ether oxygens (including phenoxy) is 1. The number of hydrogen-bond donors (Lipinski definition) is 1. The van der Waals surface area contributed by atoms with Gasteiger partial charge in [0.05, 0.1) is 13.2 Å². The van der Waals surface area contributed by atoms with Crippen molar-refractivity contribution in [3.63, 3.8) is 0 Å². The summed E-state index contributed by atoms with van der Waals surface area (Å²) in [5, 5.41) is 3.09. The van der Waals surface area contributed by atoms with E-state index < -0.39 is 0 Å². The molecule has 1 aromatic rings. The van der Waals surface area contributed by atoms with Crippen LogP contribution in [0.5, 0.6) is 0 Å². The van der Waals surface area contributed by atoms with Crippen molar-refractivity contribution >= 4 is 11.6 Å². The van der Waals surface area contributed by atoms with Gasteiger partial charge >= 0.3 is 0 Å². The largest absolute Gasteiger partial charge is 0.383 e. The highest BCUT2D eigenvalue weighted by atomic mass is 16.5. The Hall–Kier alpha value is -1.59. The van der Waals surface area contributed by atoms with E-state index in [1.807, 2.05) is 25.9 Å². The summed E-state index contributed by atoms with van der Waals surface area (Å²) in [4.78, 5) is 16.0. The monoisotopic (exact) mass is 293 g/mol. The van der Waals surface area contributed by atoms with Gasteiger partial charge in [0.1, 0.15) is 0 Å².